The number of anilines is 2. The zero-order valence-corrected chi connectivity index (χ0v) is 10.1. The summed E-state index contributed by atoms with van der Waals surface area (Å²) in [7, 11) is 1.68. The zero-order valence-electron chi connectivity index (χ0n) is 9.30. The minimum Gasteiger partial charge on any atom is -0.458 e. The van der Waals surface area contributed by atoms with Crippen molar-refractivity contribution in [1.29, 1.82) is 0 Å². The molecule has 0 fully saturated rings. The molecular weight excluding hydrogens is 238 g/mol. The first-order valence-corrected chi connectivity index (χ1v) is 5.79. The average Bonchev–Trinajstić information content (AvgIpc) is 2.92. The summed E-state index contributed by atoms with van der Waals surface area (Å²) in [6.07, 6.45) is 1.57. The second-order valence-corrected chi connectivity index (χ2v) is 4.26. The molecule has 2 heterocycles. The van der Waals surface area contributed by atoms with Crippen LogP contribution in [-0.4, -0.2) is 18.4 Å². The lowest BCUT2D eigenvalue weighted by Crippen LogP contribution is -1.94. The highest BCUT2D eigenvalue weighted by Gasteiger charge is 2.14. The first kappa shape index (κ1) is 11.6. The molecule has 0 atom stereocenters. The lowest BCUT2D eigenvalue weighted by Gasteiger charge is -1.97. The molecule has 17 heavy (non-hydrogen) atoms. The van der Waals surface area contributed by atoms with Crippen molar-refractivity contribution >= 4 is 27.8 Å². The maximum atomic E-state index is 5.68. The molecule has 0 unspecified atom stereocenters. The SMILES string of the molecule is CN=CNc1sc(N)nc1-c1ccc(CN)o1. The van der Waals surface area contributed by atoms with Crippen molar-refractivity contribution in [2.24, 2.45) is 10.7 Å². The van der Waals surface area contributed by atoms with Gasteiger partial charge in [0.05, 0.1) is 12.9 Å². The smallest absolute Gasteiger partial charge is 0.182 e. The number of hydrogen-bond acceptors (Lipinski definition) is 6. The predicted molar refractivity (Wildman–Crippen MR) is 70.2 cm³/mol. The Balaban J connectivity index is 2.36. The van der Waals surface area contributed by atoms with Crippen molar-refractivity contribution in [3.63, 3.8) is 0 Å². The van der Waals surface area contributed by atoms with Crippen molar-refractivity contribution in [3.8, 4) is 11.5 Å². The number of nitrogens with two attached hydrogens (primary N) is 2. The van der Waals surface area contributed by atoms with Gasteiger partial charge in [-0.1, -0.05) is 11.3 Å². The van der Waals surface area contributed by atoms with Gasteiger partial charge in [0.15, 0.2) is 10.9 Å². The van der Waals surface area contributed by atoms with Crippen LogP contribution in [0.25, 0.3) is 11.5 Å². The molecular formula is C10H13N5OS. The van der Waals surface area contributed by atoms with E-state index in [0.717, 1.165) is 5.00 Å². The van der Waals surface area contributed by atoms with E-state index in [1.54, 1.807) is 13.4 Å². The van der Waals surface area contributed by atoms with Gasteiger partial charge in [0.1, 0.15) is 16.5 Å². The molecule has 0 bridgehead atoms. The second kappa shape index (κ2) is 4.98. The van der Waals surface area contributed by atoms with Crippen LogP contribution in [0.2, 0.25) is 0 Å². The van der Waals surface area contributed by atoms with Crippen LogP contribution < -0.4 is 16.8 Å². The highest BCUT2D eigenvalue weighted by Crippen LogP contribution is 2.34. The van der Waals surface area contributed by atoms with E-state index in [1.165, 1.54) is 11.3 Å². The summed E-state index contributed by atoms with van der Waals surface area (Å²) in [5, 5.41) is 4.27. The summed E-state index contributed by atoms with van der Waals surface area (Å²) in [6.45, 7) is 0.360. The third kappa shape index (κ3) is 2.45. The van der Waals surface area contributed by atoms with Crippen LogP contribution in [0.4, 0.5) is 10.1 Å². The Kier molecular flexibility index (Phi) is 3.40. The first-order valence-electron chi connectivity index (χ1n) is 4.97. The monoisotopic (exact) mass is 251 g/mol. The van der Waals surface area contributed by atoms with E-state index in [4.69, 9.17) is 15.9 Å². The zero-order chi connectivity index (χ0) is 12.3. The van der Waals surface area contributed by atoms with Crippen LogP contribution in [0, 0.1) is 0 Å². The number of thiazole rings is 1. The second-order valence-electron chi connectivity index (χ2n) is 3.23. The summed E-state index contributed by atoms with van der Waals surface area (Å²) >= 11 is 1.34. The molecule has 0 spiro atoms. The number of rotatable bonds is 4. The number of aliphatic imine (C=N–C) groups is 1. The molecule has 0 radical (unpaired) electrons. The maximum Gasteiger partial charge on any atom is 0.182 e. The summed E-state index contributed by atoms with van der Waals surface area (Å²) in [5.74, 6) is 1.35. The van der Waals surface area contributed by atoms with Crippen molar-refractivity contribution in [1.82, 2.24) is 4.98 Å². The van der Waals surface area contributed by atoms with Crippen molar-refractivity contribution in [3.05, 3.63) is 17.9 Å². The molecule has 0 aromatic carbocycles. The Bertz CT molecular complexity index is 531. The van der Waals surface area contributed by atoms with Crippen molar-refractivity contribution in [2.45, 2.75) is 6.54 Å². The van der Waals surface area contributed by atoms with Gasteiger partial charge in [-0.15, -0.1) is 0 Å². The lowest BCUT2D eigenvalue weighted by molar-refractivity contribution is 0.524. The fraction of sp³-hybridized carbons (Fsp3) is 0.200. The normalized spacial score (nSPS) is 11.2. The number of furan rings is 1. The van der Waals surface area contributed by atoms with Gasteiger partial charge in [-0.25, -0.2) is 4.98 Å². The molecule has 7 heteroatoms. The third-order valence-electron chi connectivity index (χ3n) is 2.06. The number of nitrogens with zero attached hydrogens (tertiary/aromatic N) is 2. The number of nitrogen functional groups attached to an aromatic ring is 1. The molecule has 0 amide bonds. The molecule has 6 nitrogen and oxygen atoms in total. The molecule has 5 N–H and O–H groups in total. The molecule has 2 aromatic rings. The highest BCUT2D eigenvalue weighted by atomic mass is 32.1. The minimum absolute atomic E-state index is 0.360. The van der Waals surface area contributed by atoms with Crippen LogP contribution >= 0.6 is 11.3 Å². The molecule has 0 aliphatic heterocycles. The van der Waals surface area contributed by atoms with Crippen molar-refractivity contribution < 1.29 is 4.42 Å². The molecule has 2 rings (SSSR count). The quantitative estimate of drug-likeness (QED) is 0.564. The lowest BCUT2D eigenvalue weighted by atomic mass is 10.3. The van der Waals surface area contributed by atoms with Gasteiger partial charge in [0.2, 0.25) is 0 Å². The third-order valence-corrected chi connectivity index (χ3v) is 2.88. The molecule has 0 saturated carbocycles. The molecule has 90 valence electrons. The van der Waals surface area contributed by atoms with E-state index in [0.29, 0.717) is 28.9 Å². The van der Waals surface area contributed by atoms with Gasteiger partial charge in [0.25, 0.3) is 0 Å². The maximum absolute atomic E-state index is 5.68. The Labute approximate surface area is 102 Å². The topological polar surface area (TPSA) is 102 Å². The Morgan fingerprint density at radius 2 is 2.41 bits per heavy atom. The van der Waals surface area contributed by atoms with E-state index in [2.05, 4.69) is 15.3 Å². The Morgan fingerprint density at radius 3 is 3.06 bits per heavy atom. The fourth-order valence-corrected chi connectivity index (χ4v) is 2.04. The van der Waals surface area contributed by atoms with Gasteiger partial charge in [0, 0.05) is 7.05 Å². The summed E-state index contributed by atoms with van der Waals surface area (Å²) in [5.41, 5.74) is 11.8. The van der Waals surface area contributed by atoms with Gasteiger partial charge in [-0.05, 0) is 12.1 Å². The Morgan fingerprint density at radius 1 is 1.59 bits per heavy atom. The van der Waals surface area contributed by atoms with Gasteiger partial charge in [-0.3, -0.25) is 4.99 Å². The van der Waals surface area contributed by atoms with E-state index in [-0.39, 0.29) is 0 Å². The number of nitrogens with one attached hydrogen (secondary N) is 1. The van der Waals surface area contributed by atoms with E-state index in [1.807, 2.05) is 12.1 Å². The molecule has 0 aliphatic carbocycles. The average molecular weight is 251 g/mol. The van der Waals surface area contributed by atoms with Gasteiger partial charge in [-0.2, -0.15) is 0 Å². The minimum atomic E-state index is 0.360. The standard InChI is InChI=1S/C10H13N5OS/c1-13-5-14-9-8(15-10(12)17-9)7-3-2-6(4-11)16-7/h2-3,5H,4,11H2,1H3,(H2,12,15)(H,13,14). The van der Waals surface area contributed by atoms with E-state index in [9.17, 15) is 0 Å². The summed E-state index contributed by atoms with van der Waals surface area (Å²) in [6, 6.07) is 3.65. The first-order chi connectivity index (χ1) is 8.24. The van der Waals surface area contributed by atoms with E-state index < -0.39 is 0 Å². The van der Waals surface area contributed by atoms with Crippen molar-refractivity contribution in [2.75, 3.05) is 18.1 Å². The molecule has 2 aromatic heterocycles. The summed E-state index contributed by atoms with van der Waals surface area (Å²) < 4.78 is 5.53. The van der Waals surface area contributed by atoms with Crippen LogP contribution in [-0.2, 0) is 6.54 Å². The van der Waals surface area contributed by atoms with Gasteiger partial charge >= 0.3 is 0 Å². The highest BCUT2D eigenvalue weighted by molar-refractivity contribution is 7.20. The van der Waals surface area contributed by atoms with Gasteiger partial charge < -0.3 is 21.2 Å². The molecule has 0 aliphatic rings. The van der Waals surface area contributed by atoms with Crippen LogP contribution in [0.5, 0.6) is 0 Å². The van der Waals surface area contributed by atoms with Crippen LogP contribution in [0.3, 0.4) is 0 Å². The molecule has 0 saturated heterocycles. The summed E-state index contributed by atoms with van der Waals surface area (Å²) in [4.78, 5) is 8.07. The largest absolute Gasteiger partial charge is 0.458 e. The van der Waals surface area contributed by atoms with Crippen LogP contribution in [0.15, 0.2) is 21.5 Å². The van der Waals surface area contributed by atoms with Crippen LogP contribution in [0.1, 0.15) is 5.76 Å². The fourth-order valence-electron chi connectivity index (χ4n) is 1.34. The number of aromatic nitrogens is 1. The van der Waals surface area contributed by atoms with E-state index >= 15 is 0 Å². The number of hydrogen-bond donors (Lipinski definition) is 3. The predicted octanol–water partition coefficient (Wildman–Crippen LogP) is 1.51. The Hall–Kier alpha value is -1.86.